The van der Waals surface area contributed by atoms with Gasteiger partial charge >= 0.3 is 5.97 Å². The SMILES string of the molecule is CCCc1occ(C2OC(=O)c3cc(OC)cc(OC)c32)c(=O)c1OC. The smallest absolute Gasteiger partial charge is 0.339 e. The third-order valence-electron chi connectivity index (χ3n) is 4.29. The molecule has 1 aliphatic heterocycles. The average molecular weight is 360 g/mol. The van der Waals surface area contributed by atoms with E-state index in [1.165, 1.54) is 27.6 Å². The summed E-state index contributed by atoms with van der Waals surface area (Å²) in [7, 11) is 4.38. The van der Waals surface area contributed by atoms with E-state index in [2.05, 4.69) is 0 Å². The number of esters is 1. The maximum absolute atomic E-state index is 12.9. The van der Waals surface area contributed by atoms with Gasteiger partial charge in [0.15, 0.2) is 6.10 Å². The molecule has 1 aliphatic rings. The molecule has 0 spiro atoms. The minimum Gasteiger partial charge on any atom is -0.497 e. The van der Waals surface area contributed by atoms with Gasteiger partial charge in [0, 0.05) is 12.5 Å². The van der Waals surface area contributed by atoms with Gasteiger partial charge in [-0.15, -0.1) is 0 Å². The molecule has 0 amide bonds. The molecular weight excluding hydrogens is 340 g/mol. The fraction of sp³-hybridized carbons (Fsp3) is 0.368. The summed E-state index contributed by atoms with van der Waals surface area (Å²) in [6, 6.07) is 3.20. The maximum Gasteiger partial charge on any atom is 0.339 e. The first-order valence-corrected chi connectivity index (χ1v) is 8.21. The van der Waals surface area contributed by atoms with Crippen molar-refractivity contribution in [3.8, 4) is 17.2 Å². The highest BCUT2D eigenvalue weighted by Gasteiger charge is 2.38. The van der Waals surface area contributed by atoms with Crippen LogP contribution < -0.4 is 19.6 Å². The molecule has 26 heavy (non-hydrogen) atoms. The summed E-state index contributed by atoms with van der Waals surface area (Å²) in [5, 5.41) is 0. The Morgan fingerprint density at radius 1 is 1.08 bits per heavy atom. The third kappa shape index (κ3) is 2.79. The van der Waals surface area contributed by atoms with Crippen LogP contribution in [0.25, 0.3) is 0 Å². The molecule has 0 saturated carbocycles. The fourth-order valence-corrected chi connectivity index (χ4v) is 3.06. The summed E-state index contributed by atoms with van der Waals surface area (Å²) in [6.07, 6.45) is 1.76. The van der Waals surface area contributed by atoms with Crippen LogP contribution in [-0.4, -0.2) is 27.3 Å². The van der Waals surface area contributed by atoms with Gasteiger partial charge in [0.1, 0.15) is 23.5 Å². The fourth-order valence-electron chi connectivity index (χ4n) is 3.06. The maximum atomic E-state index is 12.9. The van der Waals surface area contributed by atoms with Crippen LogP contribution in [0.1, 0.15) is 46.7 Å². The first-order valence-electron chi connectivity index (χ1n) is 8.21. The monoisotopic (exact) mass is 360 g/mol. The van der Waals surface area contributed by atoms with Crippen LogP contribution in [0.3, 0.4) is 0 Å². The Kier molecular flexibility index (Phi) is 4.88. The molecule has 0 radical (unpaired) electrons. The van der Waals surface area contributed by atoms with Crippen molar-refractivity contribution in [1.29, 1.82) is 0 Å². The molecule has 138 valence electrons. The molecule has 0 fully saturated rings. The second-order valence-corrected chi connectivity index (χ2v) is 5.80. The van der Waals surface area contributed by atoms with Gasteiger partial charge in [0.2, 0.25) is 11.2 Å². The summed E-state index contributed by atoms with van der Waals surface area (Å²) in [4.78, 5) is 25.2. The summed E-state index contributed by atoms with van der Waals surface area (Å²) in [6.45, 7) is 1.97. The first kappa shape index (κ1) is 17.8. The standard InChI is InChI=1S/C19H20O7/c1-5-6-13-18(24-4)16(20)12(9-25-13)17-15-11(19(21)26-17)7-10(22-2)8-14(15)23-3/h7-9,17H,5-6H2,1-4H3. The number of aryl methyl sites for hydroxylation is 1. The molecule has 0 aliphatic carbocycles. The summed E-state index contributed by atoms with van der Waals surface area (Å²) in [5.74, 6) is 0.891. The quantitative estimate of drug-likeness (QED) is 0.732. The molecule has 2 aromatic rings. The van der Waals surface area contributed by atoms with Gasteiger partial charge < -0.3 is 23.4 Å². The summed E-state index contributed by atoms with van der Waals surface area (Å²) >= 11 is 0. The summed E-state index contributed by atoms with van der Waals surface area (Å²) in [5.41, 5.74) is 0.570. The Morgan fingerprint density at radius 2 is 1.85 bits per heavy atom. The van der Waals surface area contributed by atoms with Crippen molar-refractivity contribution in [3.05, 3.63) is 51.1 Å². The van der Waals surface area contributed by atoms with Gasteiger partial charge in [0.05, 0.1) is 38.0 Å². The van der Waals surface area contributed by atoms with E-state index in [0.29, 0.717) is 34.8 Å². The van der Waals surface area contributed by atoms with Crippen LogP contribution in [-0.2, 0) is 11.2 Å². The van der Waals surface area contributed by atoms with E-state index in [1.54, 1.807) is 12.1 Å². The third-order valence-corrected chi connectivity index (χ3v) is 4.29. The molecule has 7 nitrogen and oxygen atoms in total. The van der Waals surface area contributed by atoms with Crippen LogP contribution in [0.4, 0.5) is 0 Å². The number of rotatable bonds is 6. The van der Waals surface area contributed by atoms with Crippen LogP contribution in [0.2, 0.25) is 0 Å². The molecule has 2 heterocycles. The lowest BCUT2D eigenvalue weighted by Crippen LogP contribution is -2.18. The van der Waals surface area contributed by atoms with Crippen LogP contribution >= 0.6 is 0 Å². The Hall–Kier alpha value is -2.96. The zero-order valence-electron chi connectivity index (χ0n) is 15.1. The van der Waals surface area contributed by atoms with Crippen molar-refractivity contribution in [2.45, 2.75) is 25.9 Å². The number of hydrogen-bond acceptors (Lipinski definition) is 7. The largest absolute Gasteiger partial charge is 0.497 e. The highest BCUT2D eigenvalue weighted by atomic mass is 16.6. The van der Waals surface area contributed by atoms with Crippen molar-refractivity contribution >= 4 is 5.97 Å². The lowest BCUT2D eigenvalue weighted by molar-refractivity contribution is 0.0449. The van der Waals surface area contributed by atoms with E-state index < -0.39 is 12.1 Å². The number of cyclic esters (lactones) is 1. The number of carbonyl (C=O) groups excluding carboxylic acids is 1. The van der Waals surface area contributed by atoms with Crippen molar-refractivity contribution in [1.82, 2.24) is 0 Å². The Balaban J connectivity index is 2.17. The molecule has 3 rings (SSSR count). The average Bonchev–Trinajstić information content (AvgIpc) is 2.98. The zero-order valence-corrected chi connectivity index (χ0v) is 15.1. The first-order chi connectivity index (χ1) is 12.5. The molecular formula is C19H20O7. The number of carbonyl (C=O) groups is 1. The number of fused-ring (bicyclic) bond motifs is 1. The van der Waals surface area contributed by atoms with E-state index in [0.717, 1.165) is 6.42 Å². The highest BCUT2D eigenvalue weighted by Crippen LogP contribution is 2.43. The number of benzene rings is 1. The molecule has 0 saturated heterocycles. The van der Waals surface area contributed by atoms with E-state index in [9.17, 15) is 9.59 Å². The van der Waals surface area contributed by atoms with E-state index in [4.69, 9.17) is 23.4 Å². The van der Waals surface area contributed by atoms with Gasteiger partial charge in [0.25, 0.3) is 0 Å². The van der Waals surface area contributed by atoms with Crippen LogP contribution in [0.5, 0.6) is 17.2 Å². The normalized spacial score (nSPS) is 15.4. The molecule has 0 N–H and O–H groups in total. The van der Waals surface area contributed by atoms with Gasteiger partial charge in [-0.3, -0.25) is 4.79 Å². The second-order valence-electron chi connectivity index (χ2n) is 5.80. The van der Waals surface area contributed by atoms with Gasteiger partial charge in [-0.2, -0.15) is 0 Å². The molecule has 7 heteroatoms. The topological polar surface area (TPSA) is 84.2 Å². The van der Waals surface area contributed by atoms with Gasteiger partial charge in [-0.1, -0.05) is 6.92 Å². The summed E-state index contributed by atoms with van der Waals surface area (Å²) < 4.78 is 26.9. The van der Waals surface area contributed by atoms with E-state index in [1.807, 2.05) is 6.92 Å². The predicted octanol–water partition coefficient (Wildman–Crippen LogP) is 2.88. The number of hydrogen-bond donors (Lipinski definition) is 0. The Labute approximate surface area is 150 Å². The Morgan fingerprint density at radius 3 is 2.46 bits per heavy atom. The highest BCUT2D eigenvalue weighted by molar-refractivity contribution is 5.96. The molecule has 1 atom stereocenters. The molecule has 1 aromatic carbocycles. The van der Waals surface area contributed by atoms with Crippen molar-refractivity contribution in [3.63, 3.8) is 0 Å². The minimum atomic E-state index is -0.931. The molecule has 0 bridgehead atoms. The van der Waals surface area contributed by atoms with E-state index >= 15 is 0 Å². The molecule has 1 aromatic heterocycles. The van der Waals surface area contributed by atoms with Crippen LogP contribution in [0, 0.1) is 0 Å². The minimum absolute atomic E-state index is 0.126. The van der Waals surface area contributed by atoms with Crippen LogP contribution in [0.15, 0.2) is 27.6 Å². The van der Waals surface area contributed by atoms with E-state index in [-0.39, 0.29) is 16.7 Å². The van der Waals surface area contributed by atoms with Crippen molar-refractivity contribution in [2.75, 3.05) is 21.3 Å². The Bertz CT molecular complexity index is 897. The predicted molar refractivity (Wildman–Crippen MR) is 92.3 cm³/mol. The van der Waals surface area contributed by atoms with Gasteiger partial charge in [-0.25, -0.2) is 4.79 Å². The lowest BCUT2D eigenvalue weighted by Gasteiger charge is -2.15. The number of ether oxygens (including phenoxy) is 4. The zero-order chi connectivity index (χ0) is 18.8. The van der Waals surface area contributed by atoms with Gasteiger partial charge in [-0.05, 0) is 12.5 Å². The number of methoxy groups -OCH3 is 3. The van der Waals surface area contributed by atoms with Crippen molar-refractivity contribution < 1.29 is 28.2 Å². The lowest BCUT2D eigenvalue weighted by atomic mass is 9.98. The molecule has 1 unspecified atom stereocenters. The second kappa shape index (κ2) is 7.11. The van der Waals surface area contributed by atoms with Crippen molar-refractivity contribution in [2.24, 2.45) is 0 Å².